The topological polar surface area (TPSA) is 66.5 Å². The number of carbonyl (C=O) groups excluding carboxylic acids is 1. The minimum atomic E-state index is -0.822. The lowest BCUT2D eigenvalue weighted by molar-refractivity contribution is -0.139. The number of nitrogens with zero attached hydrogens (tertiary/aromatic N) is 2. The molecule has 0 spiro atoms. The Kier molecular flexibility index (Phi) is 5.78. The predicted molar refractivity (Wildman–Crippen MR) is 110 cm³/mol. The molecule has 4 rings (SSSR count). The number of benzene rings is 1. The van der Waals surface area contributed by atoms with Gasteiger partial charge in [0.1, 0.15) is 5.75 Å². The molecule has 2 saturated heterocycles. The molecule has 1 aromatic carbocycles. The molecule has 1 unspecified atom stereocenters. The van der Waals surface area contributed by atoms with Crippen LogP contribution in [-0.2, 0) is 4.79 Å². The highest BCUT2D eigenvalue weighted by molar-refractivity contribution is 5.88. The predicted octanol–water partition coefficient (Wildman–Crippen LogP) is 2.34. The minimum Gasteiger partial charge on any atom is -0.477 e. The van der Waals surface area contributed by atoms with E-state index in [1.165, 1.54) is 12.8 Å². The van der Waals surface area contributed by atoms with Crippen LogP contribution < -0.4 is 15.4 Å². The highest BCUT2D eigenvalue weighted by atomic mass is 16.5. The van der Waals surface area contributed by atoms with Gasteiger partial charge in [-0.25, -0.2) is 0 Å². The van der Waals surface area contributed by atoms with Gasteiger partial charge in [0, 0.05) is 37.0 Å². The molecule has 6 heteroatoms. The van der Waals surface area contributed by atoms with Gasteiger partial charge in [0.05, 0.1) is 5.52 Å². The maximum absolute atomic E-state index is 13.2. The Morgan fingerprint density at radius 1 is 1.32 bits per heavy atom. The lowest BCUT2D eigenvalue weighted by Gasteiger charge is -2.37. The largest absolute Gasteiger partial charge is 0.477 e. The van der Waals surface area contributed by atoms with Crippen molar-refractivity contribution >= 4 is 16.8 Å². The Hall–Kier alpha value is -2.18. The third kappa shape index (κ3) is 3.98. The molecule has 0 aliphatic carbocycles. The summed E-state index contributed by atoms with van der Waals surface area (Å²) in [5, 5.41) is 7.47. The van der Waals surface area contributed by atoms with Gasteiger partial charge >= 0.3 is 0 Å². The number of hydrogen-bond acceptors (Lipinski definition) is 5. The molecule has 2 N–H and O–H groups in total. The number of hydrogen-bond donors (Lipinski definition) is 2. The smallest absolute Gasteiger partial charge is 0.264 e. The zero-order valence-corrected chi connectivity index (χ0v) is 16.6. The van der Waals surface area contributed by atoms with E-state index in [9.17, 15) is 4.79 Å². The highest BCUT2D eigenvalue weighted by Gasteiger charge is 2.42. The van der Waals surface area contributed by atoms with E-state index in [2.05, 4.69) is 27.6 Å². The van der Waals surface area contributed by atoms with E-state index >= 15 is 0 Å². The number of likely N-dealkylation sites (tertiary alicyclic amines) is 1. The van der Waals surface area contributed by atoms with E-state index in [0.717, 1.165) is 42.7 Å². The lowest BCUT2D eigenvalue weighted by atomic mass is 9.90. The summed E-state index contributed by atoms with van der Waals surface area (Å²) in [6.07, 6.45) is 6.58. The Labute approximate surface area is 166 Å². The molecule has 0 saturated carbocycles. The van der Waals surface area contributed by atoms with Crippen LogP contribution in [0.2, 0.25) is 0 Å². The van der Waals surface area contributed by atoms with Gasteiger partial charge in [0.25, 0.3) is 5.91 Å². The first kappa shape index (κ1) is 19.2. The fourth-order valence-electron chi connectivity index (χ4n) is 4.44. The molecule has 1 aromatic heterocycles. The van der Waals surface area contributed by atoms with Crippen LogP contribution in [0, 0.1) is 0 Å². The SMILES string of the molecule is CN1CCCC1CCNC(=O)C1(Oc2cccc3ncccc23)CCNCC1. The zero-order valence-electron chi connectivity index (χ0n) is 16.6. The molecule has 0 radical (unpaired) electrons. The number of fused-ring (bicyclic) bond motifs is 1. The number of nitrogens with one attached hydrogen (secondary N) is 2. The fraction of sp³-hybridized carbons (Fsp3) is 0.545. The summed E-state index contributed by atoms with van der Waals surface area (Å²) in [7, 11) is 2.17. The first-order chi connectivity index (χ1) is 13.7. The molecule has 1 atom stereocenters. The molecule has 2 aliphatic heterocycles. The van der Waals surface area contributed by atoms with Crippen LogP contribution in [0.3, 0.4) is 0 Å². The van der Waals surface area contributed by atoms with E-state index in [1.54, 1.807) is 6.20 Å². The number of amides is 1. The first-order valence-corrected chi connectivity index (χ1v) is 10.4. The molecule has 0 bridgehead atoms. The minimum absolute atomic E-state index is 0.00976. The van der Waals surface area contributed by atoms with Crippen LogP contribution in [0.4, 0.5) is 0 Å². The number of ether oxygens (including phenoxy) is 1. The average Bonchev–Trinajstić information content (AvgIpc) is 3.14. The van der Waals surface area contributed by atoms with Gasteiger partial charge < -0.3 is 20.3 Å². The van der Waals surface area contributed by atoms with Crippen LogP contribution in [0.25, 0.3) is 10.9 Å². The van der Waals surface area contributed by atoms with Crippen molar-refractivity contribution in [2.24, 2.45) is 0 Å². The van der Waals surface area contributed by atoms with Crippen molar-refractivity contribution in [1.29, 1.82) is 0 Å². The van der Waals surface area contributed by atoms with Gasteiger partial charge in [0.15, 0.2) is 5.60 Å². The summed E-state index contributed by atoms with van der Waals surface area (Å²) in [5.74, 6) is 0.744. The van der Waals surface area contributed by atoms with Crippen LogP contribution in [0.5, 0.6) is 5.75 Å². The van der Waals surface area contributed by atoms with Crippen molar-refractivity contribution < 1.29 is 9.53 Å². The van der Waals surface area contributed by atoms with Crippen molar-refractivity contribution in [2.45, 2.75) is 43.7 Å². The molecule has 2 aliphatic rings. The van der Waals surface area contributed by atoms with Gasteiger partial charge in [0.2, 0.25) is 0 Å². The third-order valence-corrected chi connectivity index (χ3v) is 6.17. The number of pyridine rings is 1. The molecule has 6 nitrogen and oxygen atoms in total. The summed E-state index contributed by atoms with van der Waals surface area (Å²) in [4.78, 5) is 20.0. The molecule has 28 heavy (non-hydrogen) atoms. The van der Waals surface area contributed by atoms with Crippen molar-refractivity contribution in [3.05, 3.63) is 36.5 Å². The Morgan fingerprint density at radius 2 is 2.18 bits per heavy atom. The number of rotatable bonds is 6. The van der Waals surface area contributed by atoms with Gasteiger partial charge in [-0.2, -0.15) is 0 Å². The Balaban J connectivity index is 1.48. The van der Waals surface area contributed by atoms with Gasteiger partial charge in [-0.15, -0.1) is 0 Å². The van der Waals surface area contributed by atoms with Crippen LogP contribution >= 0.6 is 0 Å². The number of carbonyl (C=O) groups is 1. The van der Waals surface area contributed by atoms with Gasteiger partial charge in [-0.1, -0.05) is 6.07 Å². The second kappa shape index (κ2) is 8.45. The third-order valence-electron chi connectivity index (χ3n) is 6.17. The summed E-state index contributed by atoms with van der Waals surface area (Å²) in [5.41, 5.74) is 0.0606. The quantitative estimate of drug-likeness (QED) is 0.803. The molecule has 1 amide bonds. The normalized spacial score (nSPS) is 22.2. The van der Waals surface area contributed by atoms with Crippen molar-refractivity contribution in [3.8, 4) is 5.75 Å². The van der Waals surface area contributed by atoms with Crippen molar-refractivity contribution in [2.75, 3.05) is 33.2 Å². The van der Waals surface area contributed by atoms with Gasteiger partial charge in [-0.05, 0) is 70.2 Å². The van der Waals surface area contributed by atoms with Crippen molar-refractivity contribution in [1.82, 2.24) is 20.5 Å². The fourth-order valence-corrected chi connectivity index (χ4v) is 4.44. The maximum Gasteiger partial charge on any atom is 0.264 e. The second-order valence-electron chi connectivity index (χ2n) is 7.99. The lowest BCUT2D eigenvalue weighted by Crippen LogP contribution is -2.57. The van der Waals surface area contributed by atoms with E-state index in [0.29, 0.717) is 25.4 Å². The Bertz CT molecular complexity index is 814. The highest BCUT2D eigenvalue weighted by Crippen LogP contribution is 2.32. The average molecular weight is 383 g/mol. The molecular weight excluding hydrogens is 352 g/mol. The standard InChI is InChI=1S/C22H30N4O2/c1-26-16-4-5-17(26)9-13-25-21(27)22(10-14-23-15-11-22)28-20-8-2-7-19-18(20)6-3-12-24-19/h2-3,6-8,12,17,23H,4-5,9-11,13-16H2,1H3,(H,25,27). The molecule has 2 fully saturated rings. The van der Waals surface area contributed by atoms with E-state index in [4.69, 9.17) is 4.74 Å². The summed E-state index contributed by atoms with van der Waals surface area (Å²) >= 11 is 0. The number of aromatic nitrogens is 1. The van der Waals surface area contributed by atoms with Gasteiger partial charge in [-0.3, -0.25) is 9.78 Å². The second-order valence-corrected chi connectivity index (χ2v) is 7.99. The summed E-state index contributed by atoms with van der Waals surface area (Å²) in [6, 6.07) is 10.3. The monoisotopic (exact) mass is 382 g/mol. The van der Waals surface area contributed by atoms with E-state index in [-0.39, 0.29) is 5.91 Å². The Morgan fingerprint density at radius 3 is 2.96 bits per heavy atom. The number of piperidine rings is 1. The van der Waals surface area contributed by atoms with E-state index in [1.807, 2.05) is 30.3 Å². The van der Waals surface area contributed by atoms with Crippen LogP contribution in [0.15, 0.2) is 36.5 Å². The first-order valence-electron chi connectivity index (χ1n) is 10.4. The molecule has 3 heterocycles. The summed E-state index contributed by atoms with van der Waals surface area (Å²) in [6.45, 7) is 3.42. The molecule has 2 aromatic rings. The van der Waals surface area contributed by atoms with Crippen LogP contribution in [-0.4, -0.2) is 60.7 Å². The van der Waals surface area contributed by atoms with Crippen molar-refractivity contribution in [3.63, 3.8) is 0 Å². The van der Waals surface area contributed by atoms with E-state index < -0.39 is 5.60 Å². The zero-order chi connectivity index (χ0) is 19.4. The molecular formula is C22H30N4O2. The summed E-state index contributed by atoms with van der Waals surface area (Å²) < 4.78 is 6.46. The molecule has 150 valence electrons. The maximum atomic E-state index is 13.2. The van der Waals surface area contributed by atoms with Crippen LogP contribution in [0.1, 0.15) is 32.1 Å².